The maximum absolute atomic E-state index is 10.7. The van der Waals surface area contributed by atoms with Crippen LogP contribution in [0.1, 0.15) is 15.9 Å². The molecule has 5 nitrogen and oxygen atoms in total. The Bertz CT molecular complexity index is 837. The van der Waals surface area contributed by atoms with Gasteiger partial charge in [-0.2, -0.15) is 5.10 Å². The summed E-state index contributed by atoms with van der Waals surface area (Å²) >= 11 is 0. The van der Waals surface area contributed by atoms with E-state index in [0.717, 1.165) is 16.5 Å². The minimum atomic E-state index is -1.20. The van der Waals surface area contributed by atoms with E-state index in [0.29, 0.717) is 5.69 Å². The quantitative estimate of drug-likeness (QED) is 0.589. The lowest BCUT2D eigenvalue weighted by Gasteiger charge is -2.04. The van der Waals surface area contributed by atoms with Crippen molar-refractivity contribution >= 4 is 28.8 Å². The molecule has 3 aromatic rings. The first kappa shape index (κ1) is 13.8. The van der Waals surface area contributed by atoms with Crippen LogP contribution >= 0.6 is 0 Å². The number of hydrogen-bond donors (Lipinski definition) is 1. The molecule has 1 aromatic heterocycles. The number of carboxylic acids is 1. The van der Waals surface area contributed by atoms with Gasteiger partial charge in [0.05, 0.1) is 23.4 Å². The summed E-state index contributed by atoms with van der Waals surface area (Å²) < 4.78 is 0. The lowest BCUT2D eigenvalue weighted by molar-refractivity contribution is -0.255. The second-order valence-corrected chi connectivity index (χ2v) is 4.65. The molecule has 1 N–H and O–H groups in total. The van der Waals surface area contributed by atoms with Crippen molar-refractivity contribution < 1.29 is 9.90 Å². The zero-order valence-corrected chi connectivity index (χ0v) is 11.6. The number of aromatic nitrogens is 1. The topological polar surface area (TPSA) is 77.4 Å². The molecule has 1 heterocycles. The maximum Gasteiger partial charge on any atom is 0.0715 e. The molecule has 2 aromatic carbocycles. The van der Waals surface area contributed by atoms with E-state index in [2.05, 4.69) is 15.5 Å². The van der Waals surface area contributed by atoms with Gasteiger partial charge in [0.25, 0.3) is 0 Å². The number of carbonyl (C=O) groups is 1. The second-order valence-electron chi connectivity index (χ2n) is 4.65. The van der Waals surface area contributed by atoms with Crippen LogP contribution in [0.3, 0.4) is 0 Å². The standard InChI is InChI=1S/C17H13N3O2/c21-17(22)12-5-7-14(8-6-12)20-19-11-13-9-10-18-16-4-2-1-3-15(13)16/h1-11,20H,(H,21,22)/p-1/b19-11-. The van der Waals surface area contributed by atoms with Gasteiger partial charge in [-0.15, -0.1) is 0 Å². The van der Waals surface area contributed by atoms with Crippen LogP contribution < -0.4 is 10.5 Å². The normalized spacial score (nSPS) is 10.9. The van der Waals surface area contributed by atoms with Crippen molar-refractivity contribution in [2.45, 2.75) is 0 Å². The van der Waals surface area contributed by atoms with E-state index in [9.17, 15) is 9.90 Å². The number of fused-ring (bicyclic) bond motifs is 1. The number of para-hydroxylation sites is 1. The summed E-state index contributed by atoms with van der Waals surface area (Å²) in [5.41, 5.74) is 5.54. The number of hydrogen-bond acceptors (Lipinski definition) is 5. The molecule has 0 aliphatic heterocycles. The number of carbonyl (C=O) groups excluding carboxylic acids is 1. The fourth-order valence-electron chi connectivity index (χ4n) is 2.09. The first-order valence-electron chi connectivity index (χ1n) is 6.68. The van der Waals surface area contributed by atoms with Gasteiger partial charge >= 0.3 is 0 Å². The highest BCUT2D eigenvalue weighted by Gasteiger charge is 1.98. The van der Waals surface area contributed by atoms with Crippen molar-refractivity contribution in [1.29, 1.82) is 0 Å². The molecule has 0 atom stereocenters. The molecule has 0 aliphatic rings. The van der Waals surface area contributed by atoms with Crippen molar-refractivity contribution in [1.82, 2.24) is 4.98 Å². The number of nitrogens with one attached hydrogen (secondary N) is 1. The Morgan fingerprint density at radius 1 is 1.09 bits per heavy atom. The molecular formula is C17H12N3O2-. The molecule has 3 rings (SSSR count). The van der Waals surface area contributed by atoms with Gasteiger partial charge in [-0.1, -0.05) is 30.3 Å². The third-order valence-corrected chi connectivity index (χ3v) is 3.20. The summed E-state index contributed by atoms with van der Waals surface area (Å²) in [4.78, 5) is 15.0. The van der Waals surface area contributed by atoms with Gasteiger partial charge < -0.3 is 9.90 Å². The van der Waals surface area contributed by atoms with Crippen molar-refractivity contribution in [2.75, 3.05) is 5.43 Å². The van der Waals surface area contributed by atoms with Gasteiger partial charge in [0.1, 0.15) is 0 Å². The number of nitrogens with zero attached hydrogens (tertiary/aromatic N) is 2. The highest BCUT2D eigenvalue weighted by Crippen LogP contribution is 2.14. The van der Waals surface area contributed by atoms with Crippen LogP contribution in [0, 0.1) is 0 Å². The molecule has 0 spiro atoms. The third kappa shape index (κ3) is 2.93. The molecule has 108 valence electrons. The lowest BCUT2D eigenvalue weighted by Crippen LogP contribution is -2.21. The molecule has 0 unspecified atom stereocenters. The van der Waals surface area contributed by atoms with Crippen molar-refractivity contribution in [2.24, 2.45) is 5.10 Å². The minimum absolute atomic E-state index is 0.134. The Balaban J connectivity index is 1.77. The number of hydrazone groups is 1. The summed E-state index contributed by atoms with van der Waals surface area (Å²) in [6.45, 7) is 0. The van der Waals surface area contributed by atoms with Gasteiger partial charge in [-0.05, 0) is 29.8 Å². The Labute approximate surface area is 126 Å². The van der Waals surface area contributed by atoms with Crippen molar-refractivity contribution in [3.63, 3.8) is 0 Å². The van der Waals surface area contributed by atoms with E-state index in [1.807, 2.05) is 30.3 Å². The number of carboxylic acid groups (broad SMARTS) is 1. The van der Waals surface area contributed by atoms with E-state index >= 15 is 0 Å². The Kier molecular flexibility index (Phi) is 3.78. The summed E-state index contributed by atoms with van der Waals surface area (Å²) in [5, 5.41) is 15.9. The van der Waals surface area contributed by atoms with E-state index in [4.69, 9.17) is 0 Å². The SMILES string of the molecule is O=C([O-])c1ccc(N/N=C\c2ccnc3ccccc23)cc1. The average molecular weight is 290 g/mol. The Morgan fingerprint density at radius 3 is 2.64 bits per heavy atom. The summed E-state index contributed by atoms with van der Waals surface area (Å²) in [5.74, 6) is -1.20. The Morgan fingerprint density at radius 2 is 1.86 bits per heavy atom. The van der Waals surface area contributed by atoms with Gasteiger partial charge in [0.15, 0.2) is 0 Å². The molecule has 0 radical (unpaired) electrons. The van der Waals surface area contributed by atoms with E-state index in [1.54, 1.807) is 24.5 Å². The fourth-order valence-corrected chi connectivity index (χ4v) is 2.09. The fraction of sp³-hybridized carbons (Fsp3) is 0. The van der Waals surface area contributed by atoms with E-state index in [-0.39, 0.29) is 5.56 Å². The van der Waals surface area contributed by atoms with Crippen LogP contribution in [-0.2, 0) is 0 Å². The van der Waals surface area contributed by atoms with Gasteiger partial charge in [0, 0.05) is 17.1 Å². The number of anilines is 1. The predicted octanol–water partition coefficient (Wildman–Crippen LogP) is 2.04. The van der Waals surface area contributed by atoms with Gasteiger partial charge in [-0.25, -0.2) is 0 Å². The molecule has 5 heteroatoms. The van der Waals surface area contributed by atoms with Crippen LogP contribution in [0.15, 0.2) is 65.9 Å². The second kappa shape index (κ2) is 6.05. The van der Waals surface area contributed by atoms with E-state index < -0.39 is 5.97 Å². The monoisotopic (exact) mass is 290 g/mol. The zero-order chi connectivity index (χ0) is 15.4. The Hall–Kier alpha value is -3.21. The number of rotatable bonds is 4. The highest BCUT2D eigenvalue weighted by molar-refractivity contribution is 5.98. The van der Waals surface area contributed by atoms with Gasteiger partial charge in [0.2, 0.25) is 0 Å². The lowest BCUT2D eigenvalue weighted by atomic mass is 10.1. The smallest absolute Gasteiger partial charge is 0.0715 e. The minimum Gasteiger partial charge on any atom is -0.545 e. The molecule has 0 saturated carbocycles. The number of pyridine rings is 1. The van der Waals surface area contributed by atoms with Crippen LogP contribution in [0.5, 0.6) is 0 Å². The number of benzene rings is 2. The van der Waals surface area contributed by atoms with E-state index in [1.165, 1.54) is 12.1 Å². The maximum atomic E-state index is 10.7. The molecule has 0 fully saturated rings. The van der Waals surface area contributed by atoms with Crippen LogP contribution in [-0.4, -0.2) is 17.2 Å². The zero-order valence-electron chi connectivity index (χ0n) is 11.6. The molecule has 22 heavy (non-hydrogen) atoms. The molecule has 0 aliphatic carbocycles. The first-order valence-corrected chi connectivity index (χ1v) is 6.68. The highest BCUT2D eigenvalue weighted by atomic mass is 16.4. The summed E-state index contributed by atoms with van der Waals surface area (Å²) in [7, 11) is 0. The van der Waals surface area contributed by atoms with Gasteiger partial charge in [-0.3, -0.25) is 10.4 Å². The van der Waals surface area contributed by atoms with Crippen LogP contribution in [0.25, 0.3) is 10.9 Å². The average Bonchev–Trinajstić information content (AvgIpc) is 2.55. The van der Waals surface area contributed by atoms with Crippen molar-refractivity contribution in [3.05, 3.63) is 71.9 Å². The molecular weight excluding hydrogens is 278 g/mol. The molecule has 0 saturated heterocycles. The summed E-state index contributed by atoms with van der Waals surface area (Å²) in [6.07, 6.45) is 3.44. The molecule has 0 bridgehead atoms. The first-order chi connectivity index (χ1) is 10.7. The van der Waals surface area contributed by atoms with Crippen LogP contribution in [0.2, 0.25) is 0 Å². The molecule has 0 amide bonds. The van der Waals surface area contributed by atoms with Crippen LogP contribution in [0.4, 0.5) is 5.69 Å². The summed E-state index contributed by atoms with van der Waals surface area (Å²) in [6, 6.07) is 15.9. The largest absolute Gasteiger partial charge is 0.545 e. The third-order valence-electron chi connectivity index (χ3n) is 3.20. The van der Waals surface area contributed by atoms with Crippen molar-refractivity contribution in [3.8, 4) is 0 Å². The number of aromatic carboxylic acids is 1. The predicted molar refractivity (Wildman–Crippen MR) is 83.7 cm³/mol.